The summed E-state index contributed by atoms with van der Waals surface area (Å²) in [5, 5.41) is 20.8. The van der Waals surface area contributed by atoms with E-state index in [4.69, 9.17) is 14.2 Å². The Bertz CT molecular complexity index is 1870. The number of fused-ring (bicyclic) bond motifs is 1. The standard InChI is InChI=1S/C36H36N4O6/c1-36(2,3)23-19-29(33(44-4)30(20-23)40-35(43)45-5)39-34(42)38-27-15-16-31(26-14-10-9-13-25(26)27)46-24-17-18-37-28(21-24)32(41)22-11-7-6-8-12-22/h6-21,32,41H,1-5H3,(H,40,43)(H2,38,39,42). The van der Waals surface area contributed by atoms with Crippen molar-refractivity contribution in [2.24, 2.45) is 0 Å². The number of methoxy groups -OCH3 is 2. The van der Waals surface area contributed by atoms with Crippen LogP contribution in [-0.2, 0) is 10.2 Å². The Kier molecular flexibility index (Phi) is 9.39. The first-order valence-electron chi connectivity index (χ1n) is 14.6. The van der Waals surface area contributed by atoms with E-state index in [0.717, 1.165) is 21.9 Å². The minimum atomic E-state index is -0.901. The summed E-state index contributed by atoms with van der Waals surface area (Å²) in [5.74, 6) is 1.34. The first-order valence-corrected chi connectivity index (χ1v) is 14.6. The fourth-order valence-corrected chi connectivity index (χ4v) is 4.95. The summed E-state index contributed by atoms with van der Waals surface area (Å²) in [7, 11) is 2.73. The van der Waals surface area contributed by atoms with Crippen molar-refractivity contribution in [3.8, 4) is 17.2 Å². The van der Waals surface area contributed by atoms with Gasteiger partial charge in [0.1, 0.15) is 17.6 Å². The van der Waals surface area contributed by atoms with Gasteiger partial charge in [0.05, 0.1) is 37.0 Å². The summed E-state index contributed by atoms with van der Waals surface area (Å²) >= 11 is 0. The molecule has 0 spiro atoms. The van der Waals surface area contributed by atoms with Crippen molar-refractivity contribution in [1.82, 2.24) is 4.98 Å². The van der Waals surface area contributed by atoms with Crippen molar-refractivity contribution < 1.29 is 28.9 Å². The smallest absolute Gasteiger partial charge is 0.411 e. The quantitative estimate of drug-likeness (QED) is 0.137. The number of anilines is 3. The number of hydrogen-bond acceptors (Lipinski definition) is 7. The molecule has 0 aliphatic rings. The Labute approximate surface area is 267 Å². The summed E-state index contributed by atoms with van der Waals surface area (Å²) in [6.07, 6.45) is 0.0273. The van der Waals surface area contributed by atoms with Crippen LogP contribution in [0.2, 0.25) is 0 Å². The molecular weight excluding hydrogens is 584 g/mol. The molecular formula is C36H36N4O6. The van der Waals surface area contributed by atoms with E-state index in [1.54, 1.807) is 36.5 Å². The van der Waals surface area contributed by atoms with Gasteiger partial charge in [0, 0.05) is 23.0 Å². The minimum absolute atomic E-state index is 0.274. The molecule has 46 heavy (non-hydrogen) atoms. The third-order valence-corrected chi connectivity index (χ3v) is 7.34. The van der Waals surface area contributed by atoms with Crippen molar-refractivity contribution in [2.75, 3.05) is 30.2 Å². The number of ether oxygens (including phenoxy) is 3. The second-order valence-corrected chi connectivity index (χ2v) is 11.5. The number of carbonyl (C=O) groups excluding carboxylic acids is 2. The molecule has 0 radical (unpaired) electrons. The maximum atomic E-state index is 13.4. The first-order chi connectivity index (χ1) is 22.1. The van der Waals surface area contributed by atoms with E-state index in [0.29, 0.717) is 34.3 Å². The zero-order chi connectivity index (χ0) is 32.8. The molecule has 0 saturated carbocycles. The number of aromatic nitrogens is 1. The van der Waals surface area contributed by atoms with E-state index in [9.17, 15) is 14.7 Å². The van der Waals surface area contributed by atoms with Crippen molar-refractivity contribution in [3.63, 3.8) is 0 Å². The van der Waals surface area contributed by atoms with Crippen LogP contribution in [0.4, 0.5) is 26.7 Å². The molecule has 236 valence electrons. The van der Waals surface area contributed by atoms with Gasteiger partial charge in [0.25, 0.3) is 0 Å². The van der Waals surface area contributed by atoms with Crippen molar-refractivity contribution in [3.05, 3.63) is 114 Å². The van der Waals surface area contributed by atoms with Gasteiger partial charge in [0.15, 0.2) is 5.75 Å². The van der Waals surface area contributed by atoms with Gasteiger partial charge in [-0.3, -0.25) is 10.3 Å². The summed E-state index contributed by atoms with van der Waals surface area (Å²) in [4.78, 5) is 29.8. The number of benzene rings is 4. The third-order valence-electron chi connectivity index (χ3n) is 7.34. The number of carbonyl (C=O) groups is 2. The lowest BCUT2D eigenvalue weighted by Gasteiger charge is -2.24. The monoisotopic (exact) mass is 620 g/mol. The zero-order valence-electron chi connectivity index (χ0n) is 26.3. The number of amides is 3. The third kappa shape index (κ3) is 7.19. The molecule has 4 aromatic carbocycles. The lowest BCUT2D eigenvalue weighted by Crippen LogP contribution is -2.22. The minimum Gasteiger partial charge on any atom is -0.492 e. The van der Waals surface area contributed by atoms with E-state index in [-0.39, 0.29) is 11.2 Å². The van der Waals surface area contributed by atoms with Crippen LogP contribution in [0.3, 0.4) is 0 Å². The van der Waals surface area contributed by atoms with Crippen LogP contribution in [0, 0.1) is 0 Å². The first kappa shape index (κ1) is 31.8. The van der Waals surface area contributed by atoms with Gasteiger partial charge < -0.3 is 30.0 Å². The van der Waals surface area contributed by atoms with Gasteiger partial charge in [-0.15, -0.1) is 0 Å². The number of urea groups is 1. The maximum absolute atomic E-state index is 13.4. The molecule has 10 heteroatoms. The van der Waals surface area contributed by atoms with Crippen LogP contribution in [0.1, 0.15) is 43.7 Å². The molecule has 0 fully saturated rings. The number of nitrogens with zero attached hydrogens (tertiary/aromatic N) is 1. The van der Waals surface area contributed by atoms with Crippen LogP contribution in [-0.4, -0.2) is 36.4 Å². The highest BCUT2D eigenvalue weighted by Crippen LogP contribution is 2.39. The van der Waals surface area contributed by atoms with Gasteiger partial charge in [-0.1, -0.05) is 75.4 Å². The molecule has 0 aliphatic heterocycles. The van der Waals surface area contributed by atoms with E-state index < -0.39 is 18.2 Å². The fourth-order valence-electron chi connectivity index (χ4n) is 4.95. The molecule has 1 heterocycles. The van der Waals surface area contributed by atoms with Crippen molar-refractivity contribution >= 4 is 40.0 Å². The molecule has 1 aromatic heterocycles. The molecule has 5 rings (SSSR count). The SMILES string of the molecule is COC(=O)Nc1cc(C(C)(C)C)cc(NC(=O)Nc2ccc(Oc3ccnc(C(O)c4ccccc4)c3)c3ccccc23)c1OC. The number of aliphatic hydroxyl groups is 1. The van der Waals surface area contributed by atoms with Gasteiger partial charge >= 0.3 is 12.1 Å². The molecule has 1 atom stereocenters. The molecule has 5 aromatic rings. The van der Waals surface area contributed by atoms with E-state index in [1.165, 1.54) is 14.2 Å². The second kappa shape index (κ2) is 13.6. The van der Waals surface area contributed by atoms with Gasteiger partial charge in [-0.05, 0) is 46.9 Å². The molecule has 0 saturated heterocycles. The summed E-state index contributed by atoms with van der Waals surface area (Å²) < 4.78 is 16.6. The molecule has 3 amide bonds. The highest BCUT2D eigenvalue weighted by molar-refractivity contribution is 6.08. The Balaban J connectivity index is 1.40. The highest BCUT2D eigenvalue weighted by Gasteiger charge is 2.22. The molecule has 1 unspecified atom stereocenters. The Hall–Kier alpha value is -5.61. The summed E-state index contributed by atoms with van der Waals surface area (Å²) in [6, 6.07) is 26.9. The predicted molar refractivity (Wildman–Crippen MR) is 179 cm³/mol. The van der Waals surface area contributed by atoms with Crippen LogP contribution < -0.4 is 25.4 Å². The molecule has 0 aliphatic carbocycles. The number of pyridine rings is 1. The number of nitrogens with one attached hydrogen (secondary N) is 3. The van der Waals surface area contributed by atoms with E-state index in [1.807, 2.05) is 81.4 Å². The summed E-state index contributed by atoms with van der Waals surface area (Å²) in [5.41, 5.74) is 3.02. The number of aliphatic hydroxyl groups excluding tert-OH is 1. The van der Waals surface area contributed by atoms with Crippen LogP contribution in [0.25, 0.3) is 10.8 Å². The largest absolute Gasteiger partial charge is 0.492 e. The second-order valence-electron chi connectivity index (χ2n) is 11.5. The van der Waals surface area contributed by atoms with Crippen molar-refractivity contribution in [2.45, 2.75) is 32.3 Å². The summed E-state index contributed by atoms with van der Waals surface area (Å²) in [6.45, 7) is 6.07. The Morgan fingerprint density at radius 1 is 0.783 bits per heavy atom. The Morgan fingerprint density at radius 2 is 1.43 bits per heavy atom. The molecule has 0 bridgehead atoms. The van der Waals surface area contributed by atoms with Gasteiger partial charge in [0.2, 0.25) is 0 Å². The average molecular weight is 621 g/mol. The molecule has 10 nitrogen and oxygen atoms in total. The topological polar surface area (TPSA) is 131 Å². The van der Waals surface area contributed by atoms with Gasteiger partial charge in [-0.25, -0.2) is 9.59 Å². The fraction of sp³-hybridized carbons (Fsp3) is 0.194. The predicted octanol–water partition coefficient (Wildman–Crippen LogP) is 8.24. The van der Waals surface area contributed by atoms with Crippen LogP contribution in [0.15, 0.2) is 97.2 Å². The maximum Gasteiger partial charge on any atom is 0.411 e. The van der Waals surface area contributed by atoms with Crippen molar-refractivity contribution in [1.29, 1.82) is 0 Å². The lowest BCUT2D eigenvalue weighted by atomic mass is 9.86. The lowest BCUT2D eigenvalue weighted by molar-refractivity contribution is 0.186. The van der Waals surface area contributed by atoms with E-state index >= 15 is 0 Å². The van der Waals surface area contributed by atoms with Crippen LogP contribution in [0.5, 0.6) is 17.2 Å². The normalized spacial score (nSPS) is 11.8. The average Bonchev–Trinajstić information content (AvgIpc) is 3.05. The van der Waals surface area contributed by atoms with Crippen LogP contribution >= 0.6 is 0 Å². The zero-order valence-corrected chi connectivity index (χ0v) is 26.3. The highest BCUT2D eigenvalue weighted by atomic mass is 16.5. The van der Waals surface area contributed by atoms with Gasteiger partial charge in [-0.2, -0.15) is 0 Å². The number of rotatable bonds is 8. The number of hydrogen-bond donors (Lipinski definition) is 4. The Morgan fingerprint density at radius 3 is 2.11 bits per heavy atom. The molecule has 4 N–H and O–H groups in total. The van der Waals surface area contributed by atoms with E-state index in [2.05, 4.69) is 20.9 Å².